The second-order valence-corrected chi connectivity index (χ2v) is 5.16. The van der Waals surface area contributed by atoms with Gasteiger partial charge in [0.25, 0.3) is 0 Å². The van der Waals surface area contributed by atoms with Gasteiger partial charge in [-0.25, -0.2) is 0 Å². The molecule has 0 aromatic carbocycles. The molecule has 0 aromatic heterocycles. The van der Waals surface area contributed by atoms with Crippen molar-refractivity contribution in [2.45, 2.75) is 63.1 Å². The maximum absolute atomic E-state index is 6.15. The normalized spacial score (nSPS) is 37.3. The molecular weight excluding hydrogens is 174 g/mol. The summed E-state index contributed by atoms with van der Waals surface area (Å²) in [6.45, 7) is 2.31. The lowest BCUT2D eigenvalue weighted by Gasteiger charge is -2.43. The number of rotatable bonds is 0. The van der Waals surface area contributed by atoms with E-state index < -0.39 is 0 Å². The molecule has 2 heterocycles. The first-order valence-corrected chi connectivity index (χ1v) is 6.31. The van der Waals surface area contributed by atoms with Crippen molar-refractivity contribution in [2.75, 3.05) is 13.2 Å². The zero-order valence-corrected chi connectivity index (χ0v) is 9.00. The first-order chi connectivity index (χ1) is 6.91. The second-order valence-electron chi connectivity index (χ2n) is 5.16. The topological polar surface area (TPSA) is 12.5 Å². The standard InChI is InChI=1S/C12H21NO/c1-3-7-12(8-4-1)13-9-5-2-6-11(13)10-14-12/h11H,1-10H2. The highest BCUT2D eigenvalue weighted by atomic mass is 16.5. The summed E-state index contributed by atoms with van der Waals surface area (Å²) in [5.74, 6) is 0. The molecule has 3 rings (SSSR count). The summed E-state index contributed by atoms with van der Waals surface area (Å²) in [5.41, 5.74) is 0.198. The number of ether oxygens (including phenoxy) is 1. The van der Waals surface area contributed by atoms with Gasteiger partial charge in [0.2, 0.25) is 0 Å². The number of hydrogen-bond acceptors (Lipinski definition) is 2. The predicted molar refractivity (Wildman–Crippen MR) is 56.1 cm³/mol. The van der Waals surface area contributed by atoms with Crippen LogP contribution in [-0.2, 0) is 4.74 Å². The molecule has 0 radical (unpaired) electrons. The third kappa shape index (κ3) is 1.31. The summed E-state index contributed by atoms with van der Waals surface area (Å²) in [6, 6.07) is 0.766. The van der Waals surface area contributed by atoms with Gasteiger partial charge in [0.15, 0.2) is 0 Å². The molecule has 1 aliphatic carbocycles. The first-order valence-electron chi connectivity index (χ1n) is 6.31. The van der Waals surface area contributed by atoms with Crippen molar-refractivity contribution in [3.63, 3.8) is 0 Å². The Kier molecular flexibility index (Phi) is 2.29. The third-order valence-electron chi connectivity index (χ3n) is 4.33. The molecule has 0 aromatic rings. The van der Waals surface area contributed by atoms with Crippen LogP contribution in [0.4, 0.5) is 0 Å². The fourth-order valence-corrected chi connectivity index (χ4v) is 3.58. The lowest BCUT2D eigenvalue weighted by atomic mass is 9.88. The summed E-state index contributed by atoms with van der Waals surface area (Å²) in [7, 11) is 0. The van der Waals surface area contributed by atoms with Gasteiger partial charge in [-0.05, 0) is 38.5 Å². The van der Waals surface area contributed by atoms with Gasteiger partial charge >= 0.3 is 0 Å². The Labute approximate surface area is 86.6 Å². The van der Waals surface area contributed by atoms with E-state index in [1.54, 1.807) is 0 Å². The van der Waals surface area contributed by atoms with Crippen LogP contribution in [-0.4, -0.2) is 29.8 Å². The Morgan fingerprint density at radius 2 is 1.86 bits per heavy atom. The van der Waals surface area contributed by atoms with Crippen LogP contribution in [0.25, 0.3) is 0 Å². The minimum absolute atomic E-state index is 0.198. The Morgan fingerprint density at radius 1 is 1.00 bits per heavy atom. The predicted octanol–water partition coefficient (Wildman–Crippen LogP) is 2.53. The van der Waals surface area contributed by atoms with Gasteiger partial charge in [-0.1, -0.05) is 12.8 Å². The van der Waals surface area contributed by atoms with Gasteiger partial charge in [0.05, 0.1) is 6.61 Å². The molecule has 2 aliphatic heterocycles. The zero-order valence-electron chi connectivity index (χ0n) is 9.00. The van der Waals surface area contributed by atoms with Gasteiger partial charge < -0.3 is 4.74 Å². The van der Waals surface area contributed by atoms with Crippen molar-refractivity contribution in [3.05, 3.63) is 0 Å². The lowest BCUT2D eigenvalue weighted by molar-refractivity contribution is -0.113. The lowest BCUT2D eigenvalue weighted by Crippen LogP contribution is -2.51. The molecule has 0 N–H and O–H groups in total. The Morgan fingerprint density at radius 3 is 2.71 bits per heavy atom. The van der Waals surface area contributed by atoms with Crippen molar-refractivity contribution in [3.8, 4) is 0 Å². The summed E-state index contributed by atoms with van der Waals surface area (Å²) in [6.07, 6.45) is 11.0. The van der Waals surface area contributed by atoms with E-state index in [1.807, 2.05) is 0 Å². The molecule has 2 nitrogen and oxygen atoms in total. The SMILES string of the molecule is C1CCC2(CC1)OCC1CCCCN12. The Hall–Kier alpha value is -0.0800. The quantitative estimate of drug-likeness (QED) is 0.589. The highest BCUT2D eigenvalue weighted by Gasteiger charge is 2.48. The van der Waals surface area contributed by atoms with E-state index >= 15 is 0 Å². The van der Waals surface area contributed by atoms with Gasteiger partial charge in [-0.3, -0.25) is 4.90 Å². The molecule has 3 fully saturated rings. The van der Waals surface area contributed by atoms with Crippen LogP contribution in [0.1, 0.15) is 51.4 Å². The fourth-order valence-electron chi connectivity index (χ4n) is 3.58. The Balaban J connectivity index is 1.78. The van der Waals surface area contributed by atoms with Crippen molar-refractivity contribution >= 4 is 0 Å². The molecule has 1 spiro atoms. The highest BCUT2D eigenvalue weighted by molar-refractivity contribution is 4.95. The summed E-state index contributed by atoms with van der Waals surface area (Å²) in [5, 5.41) is 0. The van der Waals surface area contributed by atoms with Gasteiger partial charge in [-0.15, -0.1) is 0 Å². The third-order valence-corrected chi connectivity index (χ3v) is 4.33. The van der Waals surface area contributed by atoms with E-state index in [9.17, 15) is 0 Å². The van der Waals surface area contributed by atoms with Crippen LogP contribution in [0.2, 0.25) is 0 Å². The monoisotopic (exact) mass is 195 g/mol. The summed E-state index contributed by atoms with van der Waals surface area (Å²) in [4.78, 5) is 2.70. The zero-order chi connectivity index (χ0) is 9.43. The maximum atomic E-state index is 6.15. The molecule has 1 unspecified atom stereocenters. The molecule has 3 aliphatic rings. The molecule has 2 saturated heterocycles. The maximum Gasteiger partial charge on any atom is 0.122 e. The van der Waals surface area contributed by atoms with Crippen LogP contribution in [0.5, 0.6) is 0 Å². The average molecular weight is 195 g/mol. The van der Waals surface area contributed by atoms with E-state index in [1.165, 1.54) is 57.9 Å². The van der Waals surface area contributed by atoms with Gasteiger partial charge in [-0.2, -0.15) is 0 Å². The molecule has 1 atom stereocenters. The van der Waals surface area contributed by atoms with Crippen LogP contribution >= 0.6 is 0 Å². The summed E-state index contributed by atoms with van der Waals surface area (Å²) >= 11 is 0. The van der Waals surface area contributed by atoms with E-state index in [-0.39, 0.29) is 5.72 Å². The molecular formula is C12H21NO. The molecule has 2 heteroatoms. The second kappa shape index (κ2) is 3.49. The number of piperidine rings is 1. The molecule has 0 amide bonds. The highest BCUT2D eigenvalue weighted by Crippen LogP contribution is 2.42. The minimum Gasteiger partial charge on any atom is -0.359 e. The fraction of sp³-hybridized carbons (Fsp3) is 1.00. The van der Waals surface area contributed by atoms with Crippen molar-refractivity contribution < 1.29 is 4.74 Å². The van der Waals surface area contributed by atoms with E-state index in [4.69, 9.17) is 4.74 Å². The van der Waals surface area contributed by atoms with Crippen LogP contribution in [0, 0.1) is 0 Å². The van der Waals surface area contributed by atoms with Crippen LogP contribution in [0.3, 0.4) is 0 Å². The molecule has 14 heavy (non-hydrogen) atoms. The largest absolute Gasteiger partial charge is 0.359 e. The average Bonchev–Trinajstić information content (AvgIpc) is 2.60. The van der Waals surface area contributed by atoms with Gasteiger partial charge in [0.1, 0.15) is 5.72 Å². The first kappa shape index (κ1) is 9.17. The minimum atomic E-state index is 0.198. The summed E-state index contributed by atoms with van der Waals surface area (Å²) < 4.78 is 6.15. The molecule has 80 valence electrons. The molecule has 1 saturated carbocycles. The Bertz CT molecular complexity index is 210. The van der Waals surface area contributed by atoms with Crippen LogP contribution < -0.4 is 0 Å². The van der Waals surface area contributed by atoms with E-state index in [0.29, 0.717) is 0 Å². The molecule has 0 bridgehead atoms. The number of hydrogen-bond donors (Lipinski definition) is 0. The number of nitrogens with zero attached hydrogens (tertiary/aromatic N) is 1. The van der Waals surface area contributed by atoms with Crippen molar-refractivity contribution in [2.24, 2.45) is 0 Å². The van der Waals surface area contributed by atoms with E-state index in [2.05, 4.69) is 4.90 Å². The van der Waals surface area contributed by atoms with Crippen molar-refractivity contribution in [1.29, 1.82) is 0 Å². The van der Waals surface area contributed by atoms with Crippen LogP contribution in [0.15, 0.2) is 0 Å². The van der Waals surface area contributed by atoms with Gasteiger partial charge in [0, 0.05) is 12.6 Å². The number of fused-ring (bicyclic) bond motifs is 2. The van der Waals surface area contributed by atoms with Crippen molar-refractivity contribution in [1.82, 2.24) is 4.90 Å². The smallest absolute Gasteiger partial charge is 0.122 e. The van der Waals surface area contributed by atoms with E-state index in [0.717, 1.165) is 12.6 Å².